The minimum absolute atomic E-state index is 0.0241. The third kappa shape index (κ3) is 5.15. The van der Waals surface area contributed by atoms with Crippen molar-refractivity contribution in [2.75, 3.05) is 21.3 Å². The summed E-state index contributed by atoms with van der Waals surface area (Å²) in [4.78, 5) is 22.6. The van der Waals surface area contributed by atoms with E-state index in [4.69, 9.17) is 18.9 Å². The Balaban J connectivity index is 1.89. The van der Waals surface area contributed by atoms with Gasteiger partial charge in [0.1, 0.15) is 6.10 Å². The van der Waals surface area contributed by atoms with E-state index in [-0.39, 0.29) is 42.1 Å². The average Bonchev–Trinajstić information content (AvgIpc) is 3.10. The second-order valence-electron chi connectivity index (χ2n) is 6.82. The molecule has 0 spiro atoms. The summed E-state index contributed by atoms with van der Waals surface area (Å²) in [5, 5.41) is 0. The first-order valence-electron chi connectivity index (χ1n) is 8.95. The molecule has 2 fully saturated rings. The highest BCUT2D eigenvalue weighted by Crippen LogP contribution is 2.47. The van der Waals surface area contributed by atoms with Crippen LogP contribution in [0.4, 0.5) is 0 Å². The summed E-state index contributed by atoms with van der Waals surface area (Å²) in [5.41, 5.74) is 0. The predicted octanol–water partition coefficient (Wildman–Crippen LogP) is 2.06. The molecule has 2 rings (SSSR count). The number of carbonyl (C=O) groups excluding carboxylic acids is 2. The van der Waals surface area contributed by atoms with E-state index < -0.39 is 6.29 Å². The van der Waals surface area contributed by atoms with Gasteiger partial charge in [0.05, 0.1) is 25.2 Å². The number of unbranched alkanes of at least 4 members (excludes halogenated alkanes) is 1. The Kier molecular flexibility index (Phi) is 7.65. The van der Waals surface area contributed by atoms with Gasteiger partial charge in [0.15, 0.2) is 6.29 Å². The van der Waals surface area contributed by atoms with Crippen LogP contribution in [0, 0.1) is 11.8 Å². The fourth-order valence-electron chi connectivity index (χ4n) is 4.21. The van der Waals surface area contributed by atoms with Crippen LogP contribution < -0.4 is 0 Å². The molecule has 2 aliphatic rings. The first-order chi connectivity index (χ1) is 12.0. The Bertz CT molecular complexity index is 449. The van der Waals surface area contributed by atoms with Gasteiger partial charge in [-0.1, -0.05) is 6.42 Å². The van der Waals surface area contributed by atoms with Crippen molar-refractivity contribution < 1.29 is 33.3 Å². The highest BCUT2D eigenvalue weighted by molar-refractivity contribution is 5.69. The summed E-state index contributed by atoms with van der Waals surface area (Å²) in [7, 11) is 4.62. The summed E-state index contributed by atoms with van der Waals surface area (Å²) >= 11 is 0. The summed E-state index contributed by atoms with van der Waals surface area (Å²) in [6.45, 7) is 1.42. The molecule has 144 valence electrons. The Hall–Kier alpha value is -1.18. The van der Waals surface area contributed by atoms with Crippen molar-refractivity contribution in [3.05, 3.63) is 0 Å². The summed E-state index contributed by atoms with van der Waals surface area (Å²) < 4.78 is 27.2. The molecule has 1 saturated carbocycles. The second-order valence-corrected chi connectivity index (χ2v) is 6.82. The lowest BCUT2D eigenvalue weighted by molar-refractivity contribution is -0.179. The van der Waals surface area contributed by atoms with Crippen LogP contribution in [0.2, 0.25) is 0 Å². The van der Waals surface area contributed by atoms with Gasteiger partial charge in [-0.25, -0.2) is 0 Å². The molecule has 1 saturated heterocycles. The third-order valence-electron chi connectivity index (χ3n) is 5.25. The van der Waals surface area contributed by atoms with E-state index in [0.717, 1.165) is 25.7 Å². The van der Waals surface area contributed by atoms with Crippen LogP contribution in [-0.4, -0.2) is 57.9 Å². The quantitative estimate of drug-likeness (QED) is 0.354. The van der Waals surface area contributed by atoms with E-state index in [9.17, 15) is 9.59 Å². The molecule has 7 heteroatoms. The molecule has 0 aromatic heterocycles. The third-order valence-corrected chi connectivity index (χ3v) is 5.25. The van der Waals surface area contributed by atoms with E-state index in [1.165, 1.54) is 14.0 Å². The average molecular weight is 358 g/mol. The Labute approximate surface area is 149 Å². The van der Waals surface area contributed by atoms with Gasteiger partial charge in [0.2, 0.25) is 0 Å². The highest BCUT2D eigenvalue weighted by Gasteiger charge is 2.53. The lowest BCUT2D eigenvalue weighted by Gasteiger charge is -2.29. The van der Waals surface area contributed by atoms with Crippen molar-refractivity contribution in [3.8, 4) is 0 Å². The van der Waals surface area contributed by atoms with E-state index in [2.05, 4.69) is 4.74 Å². The van der Waals surface area contributed by atoms with E-state index >= 15 is 0 Å². The van der Waals surface area contributed by atoms with Gasteiger partial charge < -0.3 is 23.7 Å². The molecule has 0 amide bonds. The first kappa shape index (κ1) is 20.1. The molecule has 0 bridgehead atoms. The largest absolute Gasteiger partial charge is 0.469 e. The Morgan fingerprint density at radius 1 is 1.12 bits per heavy atom. The number of rotatable bonds is 9. The van der Waals surface area contributed by atoms with E-state index in [1.807, 2.05) is 0 Å². The molecular weight excluding hydrogens is 328 g/mol. The molecule has 7 nitrogen and oxygen atoms in total. The number of hydrogen-bond donors (Lipinski definition) is 0. The number of carbonyl (C=O) groups is 2. The zero-order valence-electron chi connectivity index (χ0n) is 15.6. The number of hydrogen-bond acceptors (Lipinski definition) is 7. The van der Waals surface area contributed by atoms with Gasteiger partial charge in [0, 0.05) is 34.0 Å². The lowest BCUT2D eigenvalue weighted by atomic mass is 9.89. The van der Waals surface area contributed by atoms with Crippen molar-refractivity contribution in [2.45, 2.75) is 70.1 Å². The van der Waals surface area contributed by atoms with E-state index in [0.29, 0.717) is 12.8 Å². The first-order valence-corrected chi connectivity index (χ1v) is 8.95. The van der Waals surface area contributed by atoms with Gasteiger partial charge in [-0.3, -0.25) is 9.59 Å². The zero-order chi connectivity index (χ0) is 18.4. The number of ether oxygens (including phenoxy) is 5. The molecular formula is C18H30O7. The Morgan fingerprint density at radius 3 is 2.44 bits per heavy atom. The minimum Gasteiger partial charge on any atom is -0.469 e. The molecule has 1 heterocycles. The zero-order valence-corrected chi connectivity index (χ0v) is 15.6. The van der Waals surface area contributed by atoms with Crippen molar-refractivity contribution >= 4 is 11.9 Å². The standard InChI is InChI=1S/C18H30O7/c1-11(19)24-15-10-14-13(17(15)18(22-3)23-4)9-12(25-14)7-5-6-8-16(20)21-2/h12-15,17-18H,5-10H2,1-4H3. The minimum atomic E-state index is -0.416. The SMILES string of the molecule is COC(=O)CCCCC1CC2C(CC(OC(C)=O)C2C(OC)OC)O1. The second kappa shape index (κ2) is 9.50. The summed E-state index contributed by atoms with van der Waals surface area (Å²) in [6, 6.07) is 0. The van der Waals surface area contributed by atoms with E-state index in [1.54, 1.807) is 14.2 Å². The van der Waals surface area contributed by atoms with Crippen LogP contribution in [-0.2, 0) is 33.3 Å². The van der Waals surface area contributed by atoms with Crippen molar-refractivity contribution in [3.63, 3.8) is 0 Å². The number of methoxy groups -OCH3 is 3. The maximum atomic E-state index is 11.4. The lowest BCUT2D eigenvalue weighted by Crippen LogP contribution is -2.37. The fraction of sp³-hybridized carbons (Fsp3) is 0.889. The highest BCUT2D eigenvalue weighted by atomic mass is 16.7. The topological polar surface area (TPSA) is 80.3 Å². The number of esters is 2. The van der Waals surface area contributed by atoms with Crippen LogP contribution in [0.3, 0.4) is 0 Å². The van der Waals surface area contributed by atoms with Crippen LogP contribution in [0.25, 0.3) is 0 Å². The van der Waals surface area contributed by atoms with Gasteiger partial charge >= 0.3 is 11.9 Å². The van der Waals surface area contributed by atoms with Crippen molar-refractivity contribution in [1.29, 1.82) is 0 Å². The molecule has 25 heavy (non-hydrogen) atoms. The number of fused-ring (bicyclic) bond motifs is 1. The monoisotopic (exact) mass is 358 g/mol. The van der Waals surface area contributed by atoms with Gasteiger partial charge in [-0.2, -0.15) is 0 Å². The van der Waals surface area contributed by atoms with Crippen LogP contribution in [0.15, 0.2) is 0 Å². The van der Waals surface area contributed by atoms with Gasteiger partial charge in [0.25, 0.3) is 0 Å². The van der Waals surface area contributed by atoms with Crippen LogP contribution in [0.1, 0.15) is 45.4 Å². The smallest absolute Gasteiger partial charge is 0.305 e. The van der Waals surface area contributed by atoms with Crippen LogP contribution in [0.5, 0.6) is 0 Å². The van der Waals surface area contributed by atoms with Crippen molar-refractivity contribution in [2.24, 2.45) is 11.8 Å². The molecule has 0 radical (unpaired) electrons. The molecule has 0 aromatic rings. The van der Waals surface area contributed by atoms with Crippen molar-refractivity contribution in [1.82, 2.24) is 0 Å². The van der Waals surface area contributed by atoms with Gasteiger partial charge in [-0.15, -0.1) is 0 Å². The predicted molar refractivity (Wildman–Crippen MR) is 88.7 cm³/mol. The molecule has 1 aliphatic heterocycles. The molecule has 5 unspecified atom stereocenters. The summed E-state index contributed by atoms with van der Waals surface area (Å²) in [6.07, 6.45) is 4.25. The van der Waals surface area contributed by atoms with Crippen LogP contribution >= 0.6 is 0 Å². The normalized spacial score (nSPS) is 31.2. The maximum Gasteiger partial charge on any atom is 0.305 e. The molecule has 5 atom stereocenters. The maximum absolute atomic E-state index is 11.4. The fourth-order valence-corrected chi connectivity index (χ4v) is 4.21. The Morgan fingerprint density at radius 2 is 1.84 bits per heavy atom. The summed E-state index contributed by atoms with van der Waals surface area (Å²) in [5.74, 6) is -0.236. The molecule has 0 N–H and O–H groups in total. The molecule has 1 aliphatic carbocycles. The van der Waals surface area contributed by atoms with Gasteiger partial charge in [-0.05, 0) is 25.2 Å². The molecule has 0 aromatic carbocycles.